The molecule has 1 aliphatic heterocycles. The summed E-state index contributed by atoms with van der Waals surface area (Å²) >= 11 is 17.4. The van der Waals surface area contributed by atoms with Crippen LogP contribution >= 0.6 is 34.8 Å². The van der Waals surface area contributed by atoms with Crippen molar-refractivity contribution in [2.45, 2.75) is 16.3 Å². The number of halogens is 3. The smallest absolute Gasteiger partial charge is 0.212 e. The lowest BCUT2D eigenvalue weighted by molar-refractivity contribution is 0.415. The number of ether oxygens (including phenoxy) is 1. The summed E-state index contributed by atoms with van der Waals surface area (Å²) in [6, 6.07) is 7.32. The molecule has 0 spiro atoms. The van der Waals surface area contributed by atoms with Crippen LogP contribution in [0.3, 0.4) is 0 Å². The molecule has 6 heteroatoms. The molecular weight excluding hydrogens is 282 g/mol. The summed E-state index contributed by atoms with van der Waals surface area (Å²) in [5, 5.41) is 4.18. The standard InChI is InChI=1S/C11H11Cl3N2O/c1-17-8-4-2-7(3-5-8)9-6-10(16-15-9)11(12,13)14/h2-5,10,16H,6H2,1H3/t10-/m1/s1. The minimum atomic E-state index is -1.35. The molecule has 92 valence electrons. The SMILES string of the molecule is COc1ccc(C2=NN[C@@H](C(Cl)(Cl)Cl)C2)cc1. The predicted molar refractivity (Wildman–Crippen MR) is 71.4 cm³/mol. The van der Waals surface area contributed by atoms with E-state index in [1.807, 2.05) is 24.3 Å². The highest BCUT2D eigenvalue weighted by atomic mass is 35.6. The zero-order valence-electron chi connectivity index (χ0n) is 9.08. The fourth-order valence-corrected chi connectivity index (χ4v) is 1.97. The highest BCUT2D eigenvalue weighted by Gasteiger charge is 2.36. The van der Waals surface area contributed by atoms with Gasteiger partial charge in [-0.15, -0.1) is 0 Å². The number of nitrogens with zero attached hydrogens (tertiary/aromatic N) is 1. The largest absolute Gasteiger partial charge is 0.497 e. The van der Waals surface area contributed by atoms with Crippen molar-refractivity contribution in [2.75, 3.05) is 7.11 Å². The van der Waals surface area contributed by atoms with E-state index in [1.54, 1.807) is 7.11 Å². The molecule has 1 atom stereocenters. The van der Waals surface area contributed by atoms with Gasteiger partial charge in [-0.1, -0.05) is 34.8 Å². The second kappa shape index (κ2) is 4.92. The van der Waals surface area contributed by atoms with Crippen LogP contribution in [0.1, 0.15) is 12.0 Å². The van der Waals surface area contributed by atoms with E-state index in [-0.39, 0.29) is 6.04 Å². The monoisotopic (exact) mass is 292 g/mol. The van der Waals surface area contributed by atoms with E-state index in [9.17, 15) is 0 Å². The number of rotatable bonds is 2. The Labute approximate surface area is 115 Å². The summed E-state index contributed by atoms with van der Waals surface area (Å²) in [5.41, 5.74) is 4.71. The predicted octanol–water partition coefficient (Wildman–Crippen LogP) is 3.13. The van der Waals surface area contributed by atoms with Crippen molar-refractivity contribution >= 4 is 40.5 Å². The maximum atomic E-state index is 5.81. The third-order valence-corrected chi connectivity index (χ3v) is 3.36. The Bertz CT molecular complexity index is 425. The van der Waals surface area contributed by atoms with Gasteiger partial charge in [0.05, 0.1) is 18.9 Å². The molecule has 2 rings (SSSR count). The zero-order chi connectivity index (χ0) is 12.5. The van der Waals surface area contributed by atoms with Crippen LogP contribution in [-0.4, -0.2) is 22.7 Å². The van der Waals surface area contributed by atoms with Crippen LogP contribution in [0.25, 0.3) is 0 Å². The van der Waals surface area contributed by atoms with Crippen LogP contribution < -0.4 is 10.2 Å². The van der Waals surface area contributed by atoms with Crippen molar-refractivity contribution in [1.82, 2.24) is 5.43 Å². The molecule has 0 saturated carbocycles. The van der Waals surface area contributed by atoms with Gasteiger partial charge in [0.1, 0.15) is 5.75 Å². The fraction of sp³-hybridized carbons (Fsp3) is 0.364. The Balaban J connectivity index is 2.09. The maximum Gasteiger partial charge on any atom is 0.212 e. The molecule has 0 amide bonds. The van der Waals surface area contributed by atoms with Crippen molar-refractivity contribution in [1.29, 1.82) is 0 Å². The highest BCUT2D eigenvalue weighted by Crippen LogP contribution is 2.34. The van der Waals surface area contributed by atoms with Gasteiger partial charge >= 0.3 is 0 Å². The maximum absolute atomic E-state index is 5.81. The van der Waals surface area contributed by atoms with E-state index in [0.29, 0.717) is 6.42 Å². The Morgan fingerprint density at radius 1 is 1.29 bits per heavy atom. The molecule has 0 unspecified atom stereocenters. The van der Waals surface area contributed by atoms with Gasteiger partial charge in [-0.05, 0) is 29.8 Å². The number of benzene rings is 1. The van der Waals surface area contributed by atoms with Crippen LogP contribution in [0.4, 0.5) is 0 Å². The molecule has 0 saturated heterocycles. The van der Waals surface area contributed by atoms with Crippen LogP contribution in [-0.2, 0) is 0 Å². The van der Waals surface area contributed by atoms with Crippen LogP contribution in [0.5, 0.6) is 5.75 Å². The van der Waals surface area contributed by atoms with Gasteiger partial charge in [0.25, 0.3) is 0 Å². The lowest BCUT2D eigenvalue weighted by Crippen LogP contribution is -2.33. The van der Waals surface area contributed by atoms with E-state index >= 15 is 0 Å². The van der Waals surface area contributed by atoms with Crippen molar-refractivity contribution in [3.8, 4) is 5.75 Å². The highest BCUT2D eigenvalue weighted by molar-refractivity contribution is 6.68. The Hall–Kier alpha value is -0.640. The summed E-state index contributed by atoms with van der Waals surface area (Å²) in [6.07, 6.45) is 0.586. The van der Waals surface area contributed by atoms with E-state index in [0.717, 1.165) is 17.0 Å². The first-order valence-corrected chi connectivity index (χ1v) is 6.17. The number of methoxy groups -OCH3 is 1. The van der Waals surface area contributed by atoms with Crippen molar-refractivity contribution in [3.63, 3.8) is 0 Å². The number of alkyl halides is 3. The van der Waals surface area contributed by atoms with E-state index in [1.165, 1.54) is 0 Å². The molecule has 17 heavy (non-hydrogen) atoms. The molecule has 0 fully saturated rings. The summed E-state index contributed by atoms with van der Waals surface area (Å²) in [7, 11) is 1.63. The molecule has 1 heterocycles. The van der Waals surface area contributed by atoms with Crippen molar-refractivity contribution in [3.05, 3.63) is 29.8 Å². The Morgan fingerprint density at radius 2 is 1.94 bits per heavy atom. The number of hydrogen-bond donors (Lipinski definition) is 1. The molecule has 0 aromatic heterocycles. The molecule has 1 aromatic carbocycles. The second-order valence-corrected chi connectivity index (χ2v) is 6.08. The minimum absolute atomic E-state index is 0.287. The van der Waals surface area contributed by atoms with Crippen molar-refractivity contribution in [2.24, 2.45) is 5.10 Å². The number of hydrogen-bond acceptors (Lipinski definition) is 3. The van der Waals surface area contributed by atoms with Gasteiger partial charge in [-0.25, -0.2) is 0 Å². The normalized spacial score (nSPS) is 19.8. The molecule has 0 bridgehead atoms. The molecule has 1 aliphatic rings. The van der Waals surface area contributed by atoms with E-state index in [2.05, 4.69) is 10.5 Å². The average molecular weight is 294 g/mol. The molecule has 3 nitrogen and oxygen atoms in total. The Kier molecular flexibility index (Phi) is 3.71. The van der Waals surface area contributed by atoms with E-state index < -0.39 is 3.79 Å². The molecule has 0 radical (unpaired) electrons. The van der Waals surface area contributed by atoms with Gasteiger partial charge in [0.2, 0.25) is 3.79 Å². The summed E-state index contributed by atoms with van der Waals surface area (Å²) < 4.78 is 3.74. The fourth-order valence-electron chi connectivity index (χ4n) is 1.60. The van der Waals surface area contributed by atoms with Crippen LogP contribution in [0, 0.1) is 0 Å². The molecule has 1 aromatic rings. The zero-order valence-corrected chi connectivity index (χ0v) is 11.4. The van der Waals surface area contributed by atoms with Crippen molar-refractivity contribution < 1.29 is 4.74 Å². The van der Waals surface area contributed by atoms with E-state index in [4.69, 9.17) is 39.5 Å². The first-order chi connectivity index (χ1) is 8.00. The average Bonchev–Trinajstić information content (AvgIpc) is 2.78. The van der Waals surface area contributed by atoms with Gasteiger partial charge in [0, 0.05) is 6.42 Å². The molecule has 1 N–H and O–H groups in total. The number of hydrazone groups is 1. The third-order valence-electron chi connectivity index (χ3n) is 2.57. The summed E-state index contributed by atoms with van der Waals surface area (Å²) in [6.45, 7) is 0. The molecular formula is C11H11Cl3N2O. The first-order valence-electron chi connectivity index (χ1n) is 5.04. The van der Waals surface area contributed by atoms with Crippen LogP contribution in [0.15, 0.2) is 29.4 Å². The lowest BCUT2D eigenvalue weighted by Gasteiger charge is -2.18. The summed E-state index contributed by atoms with van der Waals surface area (Å²) in [4.78, 5) is 0. The topological polar surface area (TPSA) is 33.6 Å². The summed E-state index contributed by atoms with van der Waals surface area (Å²) in [5.74, 6) is 0.804. The number of nitrogens with one attached hydrogen (secondary N) is 1. The van der Waals surface area contributed by atoms with Gasteiger partial charge in [0.15, 0.2) is 0 Å². The van der Waals surface area contributed by atoms with Gasteiger partial charge in [-0.3, -0.25) is 0 Å². The second-order valence-electron chi connectivity index (χ2n) is 3.71. The van der Waals surface area contributed by atoms with Gasteiger partial charge in [-0.2, -0.15) is 5.10 Å². The minimum Gasteiger partial charge on any atom is -0.497 e. The first kappa shape index (κ1) is 12.8. The van der Waals surface area contributed by atoms with Gasteiger partial charge < -0.3 is 10.2 Å². The lowest BCUT2D eigenvalue weighted by atomic mass is 10.1. The quantitative estimate of drug-likeness (QED) is 0.850. The third kappa shape index (κ3) is 2.97. The van der Waals surface area contributed by atoms with Crippen LogP contribution in [0.2, 0.25) is 0 Å². The molecule has 0 aliphatic carbocycles. The Morgan fingerprint density at radius 3 is 2.41 bits per heavy atom.